The van der Waals surface area contributed by atoms with Crippen molar-refractivity contribution in [2.24, 2.45) is 0 Å². The molecule has 19 heavy (non-hydrogen) atoms. The SMILES string of the molecule is Cc1cc(F)ccc1C(=O)NCC1CCCCN1C. The fourth-order valence-electron chi connectivity index (χ4n) is 2.59. The van der Waals surface area contributed by atoms with Gasteiger partial charge in [-0.05, 0) is 57.1 Å². The van der Waals surface area contributed by atoms with Crippen molar-refractivity contribution in [3.8, 4) is 0 Å². The normalized spacial score (nSPS) is 20.3. The summed E-state index contributed by atoms with van der Waals surface area (Å²) < 4.78 is 13.0. The molecule has 1 fully saturated rings. The number of aryl methyl sites for hydroxylation is 1. The number of likely N-dealkylation sites (tertiary alicyclic amines) is 1. The van der Waals surface area contributed by atoms with Crippen molar-refractivity contribution >= 4 is 5.91 Å². The fourth-order valence-corrected chi connectivity index (χ4v) is 2.59. The van der Waals surface area contributed by atoms with E-state index in [1.807, 2.05) is 0 Å². The number of hydrogen-bond donors (Lipinski definition) is 1. The number of carbonyl (C=O) groups excluding carboxylic acids is 1. The molecule has 0 aromatic heterocycles. The molecule has 104 valence electrons. The Morgan fingerprint density at radius 2 is 2.26 bits per heavy atom. The van der Waals surface area contributed by atoms with E-state index in [1.54, 1.807) is 13.0 Å². The van der Waals surface area contributed by atoms with Crippen LogP contribution in [-0.4, -0.2) is 37.0 Å². The van der Waals surface area contributed by atoms with Gasteiger partial charge in [0.15, 0.2) is 0 Å². The number of likely N-dealkylation sites (N-methyl/N-ethyl adjacent to an activating group) is 1. The van der Waals surface area contributed by atoms with Crippen LogP contribution in [0.1, 0.15) is 35.2 Å². The predicted octanol–water partition coefficient (Wildman–Crippen LogP) is 2.35. The summed E-state index contributed by atoms with van der Waals surface area (Å²) in [5.41, 5.74) is 1.23. The molecule has 1 aromatic carbocycles. The van der Waals surface area contributed by atoms with E-state index >= 15 is 0 Å². The van der Waals surface area contributed by atoms with Gasteiger partial charge in [-0.25, -0.2) is 4.39 Å². The average Bonchev–Trinajstić information content (AvgIpc) is 2.37. The van der Waals surface area contributed by atoms with Crippen molar-refractivity contribution in [1.29, 1.82) is 0 Å². The lowest BCUT2D eigenvalue weighted by Crippen LogP contribution is -2.44. The Morgan fingerprint density at radius 1 is 1.47 bits per heavy atom. The van der Waals surface area contributed by atoms with E-state index in [0.717, 1.165) is 13.0 Å². The van der Waals surface area contributed by atoms with Crippen LogP contribution < -0.4 is 5.32 Å². The highest BCUT2D eigenvalue weighted by Crippen LogP contribution is 2.15. The van der Waals surface area contributed by atoms with Crippen LogP contribution in [0.25, 0.3) is 0 Å². The molecule has 3 nitrogen and oxygen atoms in total. The van der Waals surface area contributed by atoms with Crippen LogP contribution in [0.3, 0.4) is 0 Å². The Balaban J connectivity index is 1.93. The molecule has 0 saturated carbocycles. The second kappa shape index (κ2) is 6.15. The summed E-state index contributed by atoms with van der Waals surface area (Å²) in [5, 5.41) is 2.96. The van der Waals surface area contributed by atoms with Crippen LogP contribution in [0.5, 0.6) is 0 Å². The van der Waals surface area contributed by atoms with Crippen molar-refractivity contribution in [3.63, 3.8) is 0 Å². The number of hydrogen-bond acceptors (Lipinski definition) is 2. The lowest BCUT2D eigenvalue weighted by atomic mass is 10.0. The highest BCUT2D eigenvalue weighted by atomic mass is 19.1. The van der Waals surface area contributed by atoms with Gasteiger partial charge in [0, 0.05) is 18.2 Å². The molecule has 1 saturated heterocycles. The molecule has 1 aromatic rings. The summed E-state index contributed by atoms with van der Waals surface area (Å²) in [6.07, 6.45) is 3.58. The third kappa shape index (κ3) is 3.53. The second-order valence-corrected chi connectivity index (χ2v) is 5.30. The Hall–Kier alpha value is -1.42. The molecular weight excluding hydrogens is 243 g/mol. The predicted molar refractivity (Wildman–Crippen MR) is 73.7 cm³/mol. The first-order valence-corrected chi connectivity index (χ1v) is 6.82. The monoisotopic (exact) mass is 264 g/mol. The highest BCUT2D eigenvalue weighted by Gasteiger charge is 2.19. The van der Waals surface area contributed by atoms with Crippen molar-refractivity contribution in [3.05, 3.63) is 35.1 Å². The molecule has 1 aliphatic rings. The van der Waals surface area contributed by atoms with Gasteiger partial charge in [0.05, 0.1) is 0 Å². The number of piperidine rings is 1. The van der Waals surface area contributed by atoms with E-state index in [-0.39, 0.29) is 11.7 Å². The standard InChI is InChI=1S/C15H21FN2O/c1-11-9-12(16)6-7-14(11)15(19)17-10-13-5-3-4-8-18(13)2/h6-7,9,13H,3-5,8,10H2,1-2H3,(H,17,19). The molecule has 1 N–H and O–H groups in total. The van der Waals surface area contributed by atoms with Crippen LogP contribution in [0.4, 0.5) is 4.39 Å². The van der Waals surface area contributed by atoms with E-state index in [2.05, 4.69) is 17.3 Å². The third-order valence-corrected chi connectivity index (χ3v) is 3.85. The van der Waals surface area contributed by atoms with Crippen LogP contribution in [0.15, 0.2) is 18.2 Å². The van der Waals surface area contributed by atoms with E-state index in [4.69, 9.17) is 0 Å². The van der Waals surface area contributed by atoms with Crippen LogP contribution in [0.2, 0.25) is 0 Å². The Kier molecular flexibility index (Phi) is 4.53. The number of rotatable bonds is 3. The summed E-state index contributed by atoms with van der Waals surface area (Å²) in [7, 11) is 2.10. The van der Waals surface area contributed by atoms with Gasteiger partial charge in [-0.2, -0.15) is 0 Å². The number of benzene rings is 1. The van der Waals surface area contributed by atoms with Gasteiger partial charge in [0.25, 0.3) is 5.91 Å². The molecular formula is C15H21FN2O. The molecule has 1 atom stereocenters. The Bertz CT molecular complexity index is 461. The molecule has 1 unspecified atom stereocenters. The average molecular weight is 264 g/mol. The van der Waals surface area contributed by atoms with Crippen molar-refractivity contribution in [2.75, 3.05) is 20.1 Å². The van der Waals surface area contributed by atoms with Crippen molar-refractivity contribution in [2.45, 2.75) is 32.2 Å². The zero-order valence-corrected chi connectivity index (χ0v) is 11.6. The van der Waals surface area contributed by atoms with Gasteiger partial charge in [-0.15, -0.1) is 0 Å². The van der Waals surface area contributed by atoms with Gasteiger partial charge in [-0.1, -0.05) is 6.42 Å². The van der Waals surface area contributed by atoms with Gasteiger partial charge < -0.3 is 10.2 Å². The zero-order chi connectivity index (χ0) is 13.8. The van der Waals surface area contributed by atoms with E-state index in [0.29, 0.717) is 23.7 Å². The summed E-state index contributed by atoms with van der Waals surface area (Å²) >= 11 is 0. The minimum Gasteiger partial charge on any atom is -0.350 e. The van der Waals surface area contributed by atoms with E-state index in [9.17, 15) is 9.18 Å². The number of nitrogens with zero attached hydrogens (tertiary/aromatic N) is 1. The molecule has 1 heterocycles. The Morgan fingerprint density at radius 3 is 2.95 bits per heavy atom. The maximum atomic E-state index is 13.0. The van der Waals surface area contributed by atoms with Crippen LogP contribution >= 0.6 is 0 Å². The number of nitrogens with one attached hydrogen (secondary N) is 1. The second-order valence-electron chi connectivity index (χ2n) is 5.30. The molecule has 2 rings (SSSR count). The summed E-state index contributed by atoms with van der Waals surface area (Å²) in [6, 6.07) is 4.68. The molecule has 1 aliphatic heterocycles. The lowest BCUT2D eigenvalue weighted by Gasteiger charge is -2.32. The van der Waals surface area contributed by atoms with Gasteiger partial charge in [-0.3, -0.25) is 4.79 Å². The fraction of sp³-hybridized carbons (Fsp3) is 0.533. The molecule has 0 bridgehead atoms. The molecule has 0 spiro atoms. The van der Waals surface area contributed by atoms with Crippen molar-refractivity contribution < 1.29 is 9.18 Å². The Labute approximate surface area is 113 Å². The lowest BCUT2D eigenvalue weighted by molar-refractivity contribution is 0.0928. The number of carbonyl (C=O) groups is 1. The summed E-state index contributed by atoms with van der Waals surface area (Å²) in [5.74, 6) is -0.419. The highest BCUT2D eigenvalue weighted by molar-refractivity contribution is 5.95. The van der Waals surface area contributed by atoms with Crippen molar-refractivity contribution in [1.82, 2.24) is 10.2 Å². The topological polar surface area (TPSA) is 32.3 Å². The van der Waals surface area contributed by atoms with E-state index in [1.165, 1.54) is 25.0 Å². The molecule has 0 radical (unpaired) electrons. The minimum absolute atomic E-state index is 0.114. The maximum absolute atomic E-state index is 13.0. The smallest absolute Gasteiger partial charge is 0.251 e. The molecule has 1 amide bonds. The van der Waals surface area contributed by atoms with Crippen LogP contribution in [0, 0.1) is 12.7 Å². The summed E-state index contributed by atoms with van der Waals surface area (Å²) in [6.45, 7) is 3.51. The van der Waals surface area contributed by atoms with Gasteiger partial charge in [0.1, 0.15) is 5.82 Å². The maximum Gasteiger partial charge on any atom is 0.251 e. The molecule has 4 heteroatoms. The first kappa shape index (κ1) is 14.0. The quantitative estimate of drug-likeness (QED) is 0.909. The van der Waals surface area contributed by atoms with Gasteiger partial charge >= 0.3 is 0 Å². The number of amides is 1. The largest absolute Gasteiger partial charge is 0.350 e. The first-order chi connectivity index (χ1) is 9.08. The number of halogens is 1. The first-order valence-electron chi connectivity index (χ1n) is 6.82. The summed E-state index contributed by atoms with van der Waals surface area (Å²) in [4.78, 5) is 14.4. The minimum atomic E-state index is -0.305. The van der Waals surface area contributed by atoms with E-state index < -0.39 is 0 Å². The van der Waals surface area contributed by atoms with Gasteiger partial charge in [0.2, 0.25) is 0 Å². The van der Waals surface area contributed by atoms with Crippen LogP contribution in [-0.2, 0) is 0 Å². The third-order valence-electron chi connectivity index (χ3n) is 3.85. The zero-order valence-electron chi connectivity index (χ0n) is 11.6. The molecule has 0 aliphatic carbocycles.